The number of carbonyl (C=O) groups is 1. The lowest BCUT2D eigenvalue weighted by atomic mass is 10.2. The van der Waals surface area contributed by atoms with Gasteiger partial charge < -0.3 is 9.80 Å². The molecule has 1 aliphatic heterocycles. The third kappa shape index (κ3) is 4.79. The molecule has 0 aliphatic carbocycles. The van der Waals surface area contributed by atoms with Crippen LogP contribution in [0.15, 0.2) is 65.8 Å². The summed E-state index contributed by atoms with van der Waals surface area (Å²) in [6.07, 6.45) is 0. The van der Waals surface area contributed by atoms with Gasteiger partial charge in [0.25, 0.3) is 0 Å². The van der Waals surface area contributed by atoms with Gasteiger partial charge in [-0.15, -0.1) is 5.10 Å². The van der Waals surface area contributed by atoms with Crippen LogP contribution in [-0.2, 0) is 11.3 Å². The molecule has 1 amide bonds. The van der Waals surface area contributed by atoms with E-state index < -0.39 is 0 Å². The van der Waals surface area contributed by atoms with Crippen LogP contribution in [0.2, 0.25) is 0 Å². The number of carbonyl (C=O) groups excluding carboxylic acids is 1. The molecule has 28 heavy (non-hydrogen) atoms. The SMILES string of the molecule is O=C(CSc1n[nH]c(-c2ccccc2)n1)N1CC[NH+](Cc2ccccc2)CC1. The van der Waals surface area contributed by atoms with Gasteiger partial charge >= 0.3 is 0 Å². The van der Waals surface area contributed by atoms with Crippen molar-refractivity contribution >= 4 is 17.7 Å². The van der Waals surface area contributed by atoms with Crippen LogP contribution in [0.25, 0.3) is 11.4 Å². The molecule has 0 radical (unpaired) electrons. The molecule has 1 aromatic heterocycles. The fourth-order valence-electron chi connectivity index (χ4n) is 3.39. The Morgan fingerprint density at radius 2 is 1.71 bits per heavy atom. The smallest absolute Gasteiger partial charge is 0.233 e. The highest BCUT2D eigenvalue weighted by atomic mass is 32.2. The van der Waals surface area contributed by atoms with E-state index >= 15 is 0 Å². The van der Waals surface area contributed by atoms with E-state index in [0.29, 0.717) is 10.9 Å². The minimum Gasteiger partial charge on any atom is -0.331 e. The van der Waals surface area contributed by atoms with Gasteiger partial charge in [-0.25, -0.2) is 4.98 Å². The molecule has 7 heteroatoms. The van der Waals surface area contributed by atoms with Crippen LogP contribution in [0.5, 0.6) is 0 Å². The molecule has 3 aromatic rings. The third-order valence-corrected chi connectivity index (χ3v) is 5.79. The number of hydrogen-bond acceptors (Lipinski definition) is 4. The van der Waals surface area contributed by atoms with Crippen molar-refractivity contribution in [3.05, 3.63) is 66.2 Å². The summed E-state index contributed by atoms with van der Waals surface area (Å²) in [5, 5.41) is 7.78. The van der Waals surface area contributed by atoms with E-state index in [1.807, 2.05) is 41.3 Å². The number of aromatic amines is 1. The lowest BCUT2D eigenvalue weighted by Crippen LogP contribution is -3.13. The normalized spacial score (nSPS) is 14.9. The highest BCUT2D eigenvalue weighted by molar-refractivity contribution is 7.99. The molecule has 1 saturated heterocycles. The van der Waals surface area contributed by atoms with Crippen LogP contribution in [-0.4, -0.2) is 57.9 Å². The molecule has 0 unspecified atom stereocenters. The summed E-state index contributed by atoms with van der Waals surface area (Å²) in [6.45, 7) is 4.63. The predicted octanol–water partition coefficient (Wildman–Crippen LogP) is 1.49. The highest BCUT2D eigenvalue weighted by Crippen LogP contribution is 2.19. The zero-order valence-corrected chi connectivity index (χ0v) is 16.5. The lowest BCUT2D eigenvalue weighted by Gasteiger charge is -2.32. The number of thioether (sulfide) groups is 1. The first kappa shape index (κ1) is 18.7. The van der Waals surface area contributed by atoms with Gasteiger partial charge in [0, 0.05) is 11.1 Å². The Hall–Kier alpha value is -2.64. The maximum atomic E-state index is 12.5. The second-order valence-corrected chi connectivity index (χ2v) is 7.86. The Bertz CT molecular complexity index is 891. The van der Waals surface area contributed by atoms with E-state index in [2.05, 4.69) is 39.4 Å². The Balaban J connectivity index is 1.23. The van der Waals surface area contributed by atoms with E-state index in [9.17, 15) is 4.79 Å². The highest BCUT2D eigenvalue weighted by Gasteiger charge is 2.24. The van der Waals surface area contributed by atoms with Gasteiger partial charge in [-0.1, -0.05) is 72.4 Å². The zero-order valence-electron chi connectivity index (χ0n) is 15.7. The van der Waals surface area contributed by atoms with E-state index in [-0.39, 0.29) is 5.91 Å². The Labute approximate surface area is 169 Å². The van der Waals surface area contributed by atoms with Crippen molar-refractivity contribution in [1.82, 2.24) is 20.1 Å². The number of nitrogens with zero attached hydrogens (tertiary/aromatic N) is 3. The average molecular weight is 395 g/mol. The van der Waals surface area contributed by atoms with E-state index in [0.717, 1.165) is 44.1 Å². The van der Waals surface area contributed by atoms with Crippen molar-refractivity contribution in [2.75, 3.05) is 31.9 Å². The Morgan fingerprint density at radius 1 is 1.04 bits per heavy atom. The van der Waals surface area contributed by atoms with Crippen molar-refractivity contribution in [3.63, 3.8) is 0 Å². The van der Waals surface area contributed by atoms with Crippen molar-refractivity contribution in [3.8, 4) is 11.4 Å². The number of quaternary nitrogens is 1. The molecule has 144 valence electrons. The topological polar surface area (TPSA) is 66.3 Å². The molecule has 2 aromatic carbocycles. The average Bonchev–Trinajstić information content (AvgIpc) is 3.23. The monoisotopic (exact) mass is 394 g/mol. The molecule has 0 bridgehead atoms. The molecule has 1 fully saturated rings. The summed E-state index contributed by atoms with van der Waals surface area (Å²) in [4.78, 5) is 20.5. The molecular weight excluding hydrogens is 370 g/mol. The summed E-state index contributed by atoms with van der Waals surface area (Å²) in [5.74, 6) is 1.27. The minimum atomic E-state index is 0.162. The standard InChI is InChI=1S/C21H23N5OS/c27-19(16-28-21-22-20(23-24-21)18-9-5-2-6-10-18)26-13-11-25(12-14-26)15-17-7-3-1-4-8-17/h1-10H,11-16H2,(H,22,23,24)/p+1. The number of aromatic nitrogens is 3. The van der Waals surface area contributed by atoms with Crippen LogP contribution in [0, 0.1) is 0 Å². The second kappa shape index (κ2) is 9.03. The lowest BCUT2D eigenvalue weighted by molar-refractivity contribution is -0.917. The Kier molecular flexibility index (Phi) is 6.04. The van der Waals surface area contributed by atoms with Crippen LogP contribution < -0.4 is 4.90 Å². The van der Waals surface area contributed by atoms with Crippen LogP contribution >= 0.6 is 11.8 Å². The van der Waals surface area contributed by atoms with Crippen LogP contribution in [0.1, 0.15) is 5.56 Å². The first-order valence-corrected chi connectivity index (χ1v) is 10.5. The summed E-state index contributed by atoms with van der Waals surface area (Å²) >= 11 is 1.39. The molecule has 2 heterocycles. The molecule has 2 N–H and O–H groups in total. The fraction of sp³-hybridized carbons (Fsp3) is 0.286. The Morgan fingerprint density at radius 3 is 2.43 bits per heavy atom. The van der Waals surface area contributed by atoms with Crippen LogP contribution in [0.3, 0.4) is 0 Å². The van der Waals surface area contributed by atoms with Gasteiger partial charge in [0.2, 0.25) is 11.1 Å². The fourth-order valence-corrected chi connectivity index (χ4v) is 4.09. The van der Waals surface area contributed by atoms with Gasteiger partial charge in [-0.2, -0.15) is 0 Å². The maximum Gasteiger partial charge on any atom is 0.233 e. The molecular formula is C21H24N5OS+. The van der Waals surface area contributed by atoms with Crippen molar-refractivity contribution in [1.29, 1.82) is 0 Å². The van der Waals surface area contributed by atoms with Crippen molar-refractivity contribution in [2.45, 2.75) is 11.7 Å². The number of amides is 1. The van der Waals surface area contributed by atoms with E-state index in [4.69, 9.17) is 0 Å². The summed E-state index contributed by atoms with van der Waals surface area (Å²) < 4.78 is 0. The quantitative estimate of drug-likeness (QED) is 0.622. The van der Waals surface area contributed by atoms with Gasteiger partial charge in [0.05, 0.1) is 31.9 Å². The number of H-pyrrole nitrogens is 1. The summed E-state index contributed by atoms with van der Waals surface area (Å²) in [7, 11) is 0. The number of benzene rings is 2. The largest absolute Gasteiger partial charge is 0.331 e. The van der Waals surface area contributed by atoms with Crippen molar-refractivity contribution < 1.29 is 9.69 Å². The van der Waals surface area contributed by atoms with E-state index in [1.54, 1.807) is 0 Å². The number of piperazine rings is 1. The molecule has 6 nitrogen and oxygen atoms in total. The number of nitrogens with one attached hydrogen (secondary N) is 2. The zero-order chi connectivity index (χ0) is 19.2. The first-order valence-electron chi connectivity index (χ1n) is 9.54. The van der Waals surface area contributed by atoms with Gasteiger partial charge in [-0.05, 0) is 0 Å². The third-order valence-electron chi connectivity index (χ3n) is 4.96. The van der Waals surface area contributed by atoms with Gasteiger partial charge in [0.15, 0.2) is 5.82 Å². The molecule has 4 rings (SSSR count). The number of hydrogen-bond donors (Lipinski definition) is 2. The first-order chi connectivity index (χ1) is 13.8. The summed E-state index contributed by atoms with van der Waals surface area (Å²) in [5.41, 5.74) is 2.34. The number of rotatable bonds is 6. The predicted molar refractivity (Wildman–Crippen MR) is 110 cm³/mol. The minimum absolute atomic E-state index is 0.162. The van der Waals surface area contributed by atoms with Gasteiger partial charge in [-0.3, -0.25) is 9.89 Å². The van der Waals surface area contributed by atoms with Crippen LogP contribution in [0.4, 0.5) is 0 Å². The van der Waals surface area contributed by atoms with Gasteiger partial charge in [0.1, 0.15) is 6.54 Å². The summed E-state index contributed by atoms with van der Waals surface area (Å²) in [6, 6.07) is 20.4. The molecule has 1 aliphatic rings. The second-order valence-electron chi connectivity index (χ2n) is 6.91. The maximum absolute atomic E-state index is 12.5. The van der Waals surface area contributed by atoms with Crippen molar-refractivity contribution in [2.24, 2.45) is 0 Å². The molecule has 0 atom stereocenters. The molecule has 0 spiro atoms. The molecule has 0 saturated carbocycles. The van der Waals surface area contributed by atoms with E-state index in [1.165, 1.54) is 22.2 Å².